The second-order valence-electron chi connectivity index (χ2n) is 9.45. The van der Waals surface area contributed by atoms with Crippen LogP contribution >= 0.6 is 0 Å². The molecule has 0 bridgehead atoms. The van der Waals surface area contributed by atoms with Gasteiger partial charge < -0.3 is 0 Å². The van der Waals surface area contributed by atoms with E-state index in [2.05, 4.69) is 0 Å². The average Bonchev–Trinajstić information content (AvgIpc) is 3.14. The summed E-state index contributed by atoms with van der Waals surface area (Å²) in [6, 6.07) is 17.6. The van der Waals surface area contributed by atoms with Crippen molar-refractivity contribution in [1.82, 2.24) is 0 Å². The van der Waals surface area contributed by atoms with Crippen LogP contribution in [0.1, 0.15) is 39.0 Å². The number of rotatable bonds is 3. The van der Waals surface area contributed by atoms with Gasteiger partial charge in [-0.2, -0.15) is 0 Å². The first-order valence-corrected chi connectivity index (χ1v) is 12.6. The van der Waals surface area contributed by atoms with Crippen molar-refractivity contribution in [1.29, 1.82) is 0 Å². The number of hydrogen-bond donors (Lipinski definition) is 0. The van der Waals surface area contributed by atoms with Gasteiger partial charge in [-0.05, 0) is 83.4 Å². The van der Waals surface area contributed by atoms with Gasteiger partial charge in [0.15, 0.2) is 0 Å². The van der Waals surface area contributed by atoms with E-state index in [1.165, 1.54) is 6.08 Å². The summed E-state index contributed by atoms with van der Waals surface area (Å²) in [7, 11) is 0. The second-order valence-corrected chi connectivity index (χ2v) is 9.45. The fourth-order valence-electron chi connectivity index (χ4n) is 5.80. The average molecular weight is 507 g/mol. The first-order chi connectivity index (χ1) is 24.3. The number of benzene rings is 7. The normalized spacial score (nSPS) is 20.5. The predicted molar refractivity (Wildman–Crippen MR) is 167 cm³/mol. The molecule has 0 aliphatic heterocycles. The third-order valence-electron chi connectivity index (χ3n) is 7.36. The van der Waals surface area contributed by atoms with Crippen LogP contribution in [0.2, 0.25) is 0 Å². The standard InChI is InChI=1S/C39H26/c1-3-12-26(13-4-1)31-23-22-29-25-30(24-28-16-11-21-32(31)37(28)29)39-35-19-9-7-17-33(35)38(27-14-5-2-6-15-27)34-18-8-10-20-36(34)39/h1-25,31H/i1D,2D,3D,4D,5D,6D,12D,13D,14D,15D,24D,31D. The van der Waals surface area contributed by atoms with Crippen molar-refractivity contribution in [3.8, 4) is 22.3 Å². The van der Waals surface area contributed by atoms with E-state index in [1.807, 2.05) is 54.6 Å². The third-order valence-corrected chi connectivity index (χ3v) is 7.36. The van der Waals surface area contributed by atoms with E-state index in [9.17, 15) is 2.74 Å². The monoisotopic (exact) mass is 506 g/mol. The molecule has 182 valence electrons. The van der Waals surface area contributed by atoms with Crippen molar-refractivity contribution < 1.29 is 16.4 Å². The Bertz CT molecular complexity index is 2620. The van der Waals surface area contributed by atoms with Crippen molar-refractivity contribution in [2.24, 2.45) is 0 Å². The molecule has 1 unspecified atom stereocenters. The molecule has 0 spiro atoms. The third kappa shape index (κ3) is 3.46. The first-order valence-electron chi connectivity index (χ1n) is 18.6. The van der Waals surface area contributed by atoms with Gasteiger partial charge in [0.1, 0.15) is 0 Å². The van der Waals surface area contributed by atoms with Crippen LogP contribution in [0.3, 0.4) is 0 Å². The minimum atomic E-state index is -1.83. The van der Waals surface area contributed by atoms with Gasteiger partial charge in [0, 0.05) is 7.26 Å². The summed E-state index contributed by atoms with van der Waals surface area (Å²) in [5.41, 5.74) is 2.78. The molecule has 0 radical (unpaired) electrons. The summed E-state index contributed by atoms with van der Waals surface area (Å²) in [6.07, 6.45) is 3.24. The minimum Gasteiger partial charge on any atom is -0.0720 e. The van der Waals surface area contributed by atoms with Crippen LogP contribution in [0.15, 0.2) is 145 Å². The molecule has 7 aromatic rings. The quantitative estimate of drug-likeness (QED) is 0.209. The van der Waals surface area contributed by atoms with Crippen LogP contribution in [0.25, 0.3) is 60.6 Å². The van der Waals surface area contributed by atoms with Gasteiger partial charge in [0.05, 0.1) is 15.1 Å². The SMILES string of the molecule is [2H]c1c([2H])c([2H])c(-c2c3ccccc3c(-c3cc4c5c(cccc5c3[2H])C([2H])(c3c([2H])c([2H])c([2H])c([2H])c3[2H])C=C4)c3ccccc23)c([2H])c1[2H]. The van der Waals surface area contributed by atoms with E-state index in [-0.39, 0.29) is 29.3 Å². The lowest BCUT2D eigenvalue weighted by atomic mass is 9.80. The Balaban J connectivity index is 1.46. The molecule has 1 aliphatic rings. The molecular formula is C39H26. The molecule has 0 heterocycles. The van der Waals surface area contributed by atoms with E-state index in [0.29, 0.717) is 60.1 Å². The van der Waals surface area contributed by atoms with Gasteiger partial charge in [0.2, 0.25) is 0 Å². The zero-order valence-corrected chi connectivity index (χ0v) is 20.6. The molecule has 39 heavy (non-hydrogen) atoms. The summed E-state index contributed by atoms with van der Waals surface area (Å²) >= 11 is 0. The van der Waals surface area contributed by atoms with Gasteiger partial charge in [-0.3, -0.25) is 0 Å². The molecule has 0 heteroatoms. The Morgan fingerprint density at radius 1 is 0.590 bits per heavy atom. The van der Waals surface area contributed by atoms with E-state index in [0.717, 1.165) is 0 Å². The lowest BCUT2D eigenvalue weighted by Crippen LogP contribution is -2.03. The van der Waals surface area contributed by atoms with Crippen LogP contribution < -0.4 is 0 Å². The lowest BCUT2D eigenvalue weighted by Gasteiger charge is -2.23. The molecule has 0 fully saturated rings. The lowest BCUT2D eigenvalue weighted by molar-refractivity contribution is 1.04. The Hall–Kier alpha value is -4.94. The minimum absolute atomic E-state index is 0.0895. The number of allylic oxidation sites excluding steroid dienone is 1. The van der Waals surface area contributed by atoms with Crippen molar-refractivity contribution in [2.75, 3.05) is 0 Å². The van der Waals surface area contributed by atoms with Gasteiger partial charge in [-0.25, -0.2) is 0 Å². The largest absolute Gasteiger partial charge is 0.0720 e. The van der Waals surface area contributed by atoms with E-state index in [4.69, 9.17) is 13.7 Å². The summed E-state index contributed by atoms with van der Waals surface area (Å²) in [6.45, 7) is 0. The summed E-state index contributed by atoms with van der Waals surface area (Å²) in [5.74, 6) is -1.83. The zero-order chi connectivity index (χ0) is 36.3. The first kappa shape index (κ1) is 13.2. The molecule has 1 aliphatic carbocycles. The number of fused-ring (bicyclic) bond motifs is 2. The Kier molecular flexibility index (Phi) is 2.99. The summed E-state index contributed by atoms with van der Waals surface area (Å²) in [4.78, 5) is 0. The smallest absolute Gasteiger partial charge is 0.0636 e. The summed E-state index contributed by atoms with van der Waals surface area (Å²) in [5, 5.41) is 3.80. The molecule has 1 atom stereocenters. The molecule has 0 amide bonds. The topological polar surface area (TPSA) is 0 Å². The molecule has 0 saturated heterocycles. The van der Waals surface area contributed by atoms with Gasteiger partial charge >= 0.3 is 0 Å². The van der Waals surface area contributed by atoms with Crippen LogP contribution in [0, 0.1) is 0 Å². The van der Waals surface area contributed by atoms with Crippen LogP contribution in [0.4, 0.5) is 0 Å². The van der Waals surface area contributed by atoms with E-state index >= 15 is 0 Å². The number of hydrogen-bond acceptors (Lipinski definition) is 0. The molecule has 0 N–H and O–H groups in total. The maximum Gasteiger partial charge on any atom is 0.0636 e. The Morgan fingerprint density at radius 2 is 1.18 bits per heavy atom. The van der Waals surface area contributed by atoms with Gasteiger partial charge in [0.25, 0.3) is 0 Å². The van der Waals surface area contributed by atoms with Gasteiger partial charge in [-0.15, -0.1) is 0 Å². The van der Waals surface area contributed by atoms with E-state index < -0.39 is 54.2 Å². The predicted octanol–water partition coefficient (Wildman–Crippen LogP) is 10.6. The highest BCUT2D eigenvalue weighted by atomic mass is 14.2. The highest BCUT2D eigenvalue weighted by Gasteiger charge is 2.22. The van der Waals surface area contributed by atoms with Crippen molar-refractivity contribution in [3.05, 3.63) is 162 Å². The van der Waals surface area contributed by atoms with Crippen LogP contribution in [-0.4, -0.2) is 0 Å². The molecule has 0 aromatic heterocycles. The highest BCUT2D eigenvalue weighted by molar-refractivity contribution is 6.22. The van der Waals surface area contributed by atoms with Crippen molar-refractivity contribution >= 4 is 38.4 Å². The van der Waals surface area contributed by atoms with Gasteiger partial charge in [-0.1, -0.05) is 139 Å². The maximum absolute atomic E-state index is 9.63. The Morgan fingerprint density at radius 3 is 1.82 bits per heavy atom. The van der Waals surface area contributed by atoms with Crippen molar-refractivity contribution in [3.63, 3.8) is 0 Å². The molecule has 8 rings (SSSR count). The molecule has 0 saturated carbocycles. The van der Waals surface area contributed by atoms with Crippen molar-refractivity contribution in [2.45, 2.75) is 5.89 Å². The summed E-state index contributed by atoms with van der Waals surface area (Å²) < 4.78 is 104. The molecule has 7 aromatic carbocycles. The van der Waals surface area contributed by atoms with Crippen LogP contribution in [-0.2, 0) is 0 Å². The fraction of sp³-hybridized carbons (Fsp3) is 0.0256. The van der Waals surface area contributed by atoms with Crippen LogP contribution in [0.5, 0.6) is 0 Å². The fourth-order valence-corrected chi connectivity index (χ4v) is 5.80. The maximum atomic E-state index is 9.63. The molecule has 0 nitrogen and oxygen atoms in total. The second kappa shape index (κ2) is 8.82. The highest BCUT2D eigenvalue weighted by Crippen LogP contribution is 2.46. The Labute approximate surface area is 245 Å². The van der Waals surface area contributed by atoms with E-state index in [1.54, 1.807) is 24.3 Å². The zero-order valence-electron chi connectivity index (χ0n) is 32.6. The molecular weight excluding hydrogens is 468 g/mol.